The van der Waals surface area contributed by atoms with E-state index in [4.69, 9.17) is 4.74 Å². The van der Waals surface area contributed by atoms with E-state index >= 15 is 0 Å². The highest BCUT2D eigenvalue weighted by Gasteiger charge is 2.13. The Kier molecular flexibility index (Phi) is 5.34. The number of hydrogen-bond donors (Lipinski definition) is 2. The molecular formula is C16H17F2N5O2. The molecule has 0 spiro atoms. The van der Waals surface area contributed by atoms with Crippen LogP contribution in [0.1, 0.15) is 5.82 Å². The standard InChI is InChI=1S/C16H17F2N5O2/c17-11-1-2-12(18)13(9-11)21-16(24)20-10-14-19-4-3-15(22-14)23-5-7-25-8-6-23/h1-4,9H,5-8,10H2,(H2,20,21,24). The van der Waals surface area contributed by atoms with Crippen molar-refractivity contribution in [3.8, 4) is 0 Å². The number of halogens is 2. The van der Waals surface area contributed by atoms with Gasteiger partial charge in [0.05, 0.1) is 25.4 Å². The Bertz CT molecular complexity index is 753. The highest BCUT2D eigenvalue weighted by atomic mass is 19.1. The van der Waals surface area contributed by atoms with E-state index in [1.54, 1.807) is 12.3 Å². The fourth-order valence-corrected chi connectivity index (χ4v) is 2.36. The number of nitrogens with zero attached hydrogens (tertiary/aromatic N) is 3. The number of amides is 2. The van der Waals surface area contributed by atoms with Crippen LogP contribution in [0.4, 0.5) is 25.1 Å². The van der Waals surface area contributed by atoms with E-state index in [-0.39, 0.29) is 12.2 Å². The summed E-state index contributed by atoms with van der Waals surface area (Å²) >= 11 is 0. The van der Waals surface area contributed by atoms with Gasteiger partial charge in [0.1, 0.15) is 23.3 Å². The summed E-state index contributed by atoms with van der Waals surface area (Å²) < 4.78 is 31.9. The molecule has 1 saturated heterocycles. The second kappa shape index (κ2) is 7.84. The van der Waals surface area contributed by atoms with Gasteiger partial charge in [-0.1, -0.05) is 0 Å². The zero-order valence-corrected chi connectivity index (χ0v) is 13.3. The van der Waals surface area contributed by atoms with Crippen LogP contribution >= 0.6 is 0 Å². The molecule has 0 saturated carbocycles. The third-order valence-electron chi connectivity index (χ3n) is 3.61. The third kappa shape index (κ3) is 4.60. The molecule has 1 aromatic heterocycles. The normalized spacial score (nSPS) is 14.2. The summed E-state index contributed by atoms with van der Waals surface area (Å²) in [5.41, 5.74) is -0.236. The average molecular weight is 349 g/mol. The fraction of sp³-hybridized carbons (Fsp3) is 0.312. The maximum atomic E-state index is 13.5. The van der Waals surface area contributed by atoms with Gasteiger partial charge in [0.2, 0.25) is 0 Å². The van der Waals surface area contributed by atoms with Crippen molar-refractivity contribution >= 4 is 17.5 Å². The molecular weight excluding hydrogens is 332 g/mol. The summed E-state index contributed by atoms with van der Waals surface area (Å²) in [5, 5.41) is 4.77. The van der Waals surface area contributed by atoms with Crippen LogP contribution in [0.15, 0.2) is 30.5 Å². The lowest BCUT2D eigenvalue weighted by molar-refractivity contribution is 0.122. The Hall–Kier alpha value is -2.81. The maximum Gasteiger partial charge on any atom is 0.319 e. The third-order valence-corrected chi connectivity index (χ3v) is 3.61. The first kappa shape index (κ1) is 17.0. The van der Waals surface area contributed by atoms with E-state index in [0.29, 0.717) is 19.0 Å². The SMILES string of the molecule is O=C(NCc1nccc(N2CCOCC2)n1)Nc1cc(F)ccc1F. The molecule has 1 aliphatic heterocycles. The maximum absolute atomic E-state index is 13.5. The van der Waals surface area contributed by atoms with E-state index in [9.17, 15) is 13.6 Å². The summed E-state index contributed by atoms with van der Waals surface area (Å²) in [6, 6.07) is 3.94. The van der Waals surface area contributed by atoms with Crippen molar-refractivity contribution < 1.29 is 18.3 Å². The summed E-state index contributed by atoms with van der Waals surface area (Å²) in [6.45, 7) is 2.81. The lowest BCUT2D eigenvalue weighted by Crippen LogP contribution is -2.37. The number of morpholine rings is 1. The summed E-state index contributed by atoms with van der Waals surface area (Å²) in [6.07, 6.45) is 1.61. The van der Waals surface area contributed by atoms with Gasteiger partial charge >= 0.3 is 6.03 Å². The van der Waals surface area contributed by atoms with E-state index in [0.717, 1.165) is 37.1 Å². The smallest absolute Gasteiger partial charge is 0.319 e. The summed E-state index contributed by atoms with van der Waals surface area (Å²) in [4.78, 5) is 22.4. The first-order valence-electron chi connectivity index (χ1n) is 7.76. The van der Waals surface area contributed by atoms with Crippen molar-refractivity contribution in [2.75, 3.05) is 36.5 Å². The van der Waals surface area contributed by atoms with Crippen molar-refractivity contribution in [3.05, 3.63) is 47.9 Å². The van der Waals surface area contributed by atoms with Gasteiger partial charge in [0.15, 0.2) is 0 Å². The Balaban J connectivity index is 1.57. The summed E-state index contributed by atoms with van der Waals surface area (Å²) in [5.74, 6) is -0.189. The molecule has 1 fully saturated rings. The number of benzene rings is 1. The van der Waals surface area contributed by atoms with Crippen molar-refractivity contribution in [1.82, 2.24) is 15.3 Å². The summed E-state index contributed by atoms with van der Waals surface area (Å²) in [7, 11) is 0. The zero-order valence-electron chi connectivity index (χ0n) is 13.3. The number of carbonyl (C=O) groups is 1. The topological polar surface area (TPSA) is 79.4 Å². The molecule has 1 aromatic carbocycles. The van der Waals surface area contributed by atoms with Gasteiger partial charge in [-0.05, 0) is 18.2 Å². The number of ether oxygens (including phenoxy) is 1. The molecule has 2 amide bonds. The molecule has 0 atom stereocenters. The number of rotatable bonds is 4. The van der Waals surface area contributed by atoms with Gasteiger partial charge in [-0.25, -0.2) is 23.5 Å². The number of carbonyl (C=O) groups excluding carboxylic acids is 1. The highest BCUT2D eigenvalue weighted by molar-refractivity contribution is 5.89. The van der Waals surface area contributed by atoms with Crippen LogP contribution in [0.2, 0.25) is 0 Å². The van der Waals surface area contributed by atoms with Crippen LogP contribution in [0.5, 0.6) is 0 Å². The zero-order chi connectivity index (χ0) is 17.6. The number of anilines is 2. The van der Waals surface area contributed by atoms with Crippen LogP contribution in [0.3, 0.4) is 0 Å². The molecule has 9 heteroatoms. The quantitative estimate of drug-likeness (QED) is 0.882. The van der Waals surface area contributed by atoms with Crippen LogP contribution < -0.4 is 15.5 Å². The van der Waals surface area contributed by atoms with Gasteiger partial charge < -0.3 is 20.3 Å². The van der Waals surface area contributed by atoms with Crippen molar-refractivity contribution in [2.24, 2.45) is 0 Å². The van der Waals surface area contributed by atoms with Crippen molar-refractivity contribution in [3.63, 3.8) is 0 Å². The minimum Gasteiger partial charge on any atom is -0.378 e. The number of hydrogen-bond acceptors (Lipinski definition) is 5. The van der Waals surface area contributed by atoms with Gasteiger partial charge in [-0.2, -0.15) is 0 Å². The molecule has 0 bridgehead atoms. The molecule has 1 aliphatic rings. The predicted molar refractivity (Wildman–Crippen MR) is 87.3 cm³/mol. The monoisotopic (exact) mass is 349 g/mol. The molecule has 3 rings (SSSR count). The molecule has 2 N–H and O–H groups in total. The Morgan fingerprint density at radius 3 is 2.84 bits per heavy atom. The molecule has 2 aromatic rings. The molecule has 2 heterocycles. The number of urea groups is 1. The first-order chi connectivity index (χ1) is 12.1. The lowest BCUT2D eigenvalue weighted by atomic mass is 10.3. The predicted octanol–water partition coefficient (Wildman–Crippen LogP) is 1.91. The second-order valence-corrected chi connectivity index (χ2v) is 5.36. The van der Waals surface area contributed by atoms with E-state index in [2.05, 4.69) is 25.5 Å². The Morgan fingerprint density at radius 2 is 2.04 bits per heavy atom. The second-order valence-electron chi connectivity index (χ2n) is 5.36. The molecule has 132 valence electrons. The lowest BCUT2D eigenvalue weighted by Gasteiger charge is -2.27. The van der Waals surface area contributed by atoms with Gasteiger partial charge in [-0.15, -0.1) is 0 Å². The highest BCUT2D eigenvalue weighted by Crippen LogP contribution is 2.15. The van der Waals surface area contributed by atoms with E-state index < -0.39 is 17.7 Å². The van der Waals surface area contributed by atoms with Crippen LogP contribution in [0.25, 0.3) is 0 Å². The van der Waals surface area contributed by atoms with Crippen molar-refractivity contribution in [1.29, 1.82) is 0 Å². The molecule has 0 unspecified atom stereocenters. The largest absolute Gasteiger partial charge is 0.378 e. The molecule has 0 aliphatic carbocycles. The van der Waals surface area contributed by atoms with Gasteiger partial charge in [0, 0.05) is 25.4 Å². The number of aromatic nitrogens is 2. The number of nitrogens with one attached hydrogen (secondary N) is 2. The fourth-order valence-electron chi connectivity index (χ4n) is 2.36. The Morgan fingerprint density at radius 1 is 1.24 bits per heavy atom. The minimum atomic E-state index is -0.720. The first-order valence-corrected chi connectivity index (χ1v) is 7.76. The van der Waals surface area contributed by atoms with Gasteiger partial charge in [0.25, 0.3) is 0 Å². The van der Waals surface area contributed by atoms with Gasteiger partial charge in [-0.3, -0.25) is 0 Å². The Labute approximate surface area is 143 Å². The molecule has 7 nitrogen and oxygen atoms in total. The van der Waals surface area contributed by atoms with Crippen LogP contribution in [0, 0.1) is 11.6 Å². The van der Waals surface area contributed by atoms with Crippen LogP contribution in [-0.2, 0) is 11.3 Å². The average Bonchev–Trinajstić information content (AvgIpc) is 2.64. The van der Waals surface area contributed by atoms with E-state index in [1.165, 1.54) is 0 Å². The molecule has 25 heavy (non-hydrogen) atoms. The van der Waals surface area contributed by atoms with E-state index in [1.807, 2.05) is 0 Å². The molecule has 0 radical (unpaired) electrons. The van der Waals surface area contributed by atoms with Crippen LogP contribution in [-0.4, -0.2) is 42.3 Å². The van der Waals surface area contributed by atoms with Crippen molar-refractivity contribution in [2.45, 2.75) is 6.54 Å². The minimum absolute atomic E-state index is 0.0565.